The number of esters is 1. The number of hydrazone groups is 1. The minimum Gasteiger partial charge on any atom is -0.494 e. The fourth-order valence-electron chi connectivity index (χ4n) is 3.20. The number of rotatable bonds is 10. The molecule has 9 nitrogen and oxygen atoms in total. The molecule has 0 saturated heterocycles. The lowest BCUT2D eigenvalue weighted by molar-refractivity contribution is -0.119. The molecule has 0 unspecified atom stereocenters. The Morgan fingerprint density at radius 3 is 2.19 bits per heavy atom. The highest BCUT2D eigenvalue weighted by atomic mass is 32.2. The van der Waals surface area contributed by atoms with Crippen LogP contribution in [0.4, 0.5) is 5.69 Å². The number of nitrogens with zero attached hydrogens (tertiary/aromatic N) is 2. The van der Waals surface area contributed by atoms with Crippen LogP contribution < -0.4 is 14.5 Å². The van der Waals surface area contributed by atoms with Crippen molar-refractivity contribution in [1.82, 2.24) is 5.43 Å². The summed E-state index contributed by atoms with van der Waals surface area (Å²) in [5.74, 6) is -0.515. The van der Waals surface area contributed by atoms with Gasteiger partial charge in [0.1, 0.15) is 12.3 Å². The average molecular weight is 510 g/mol. The Bertz CT molecular complexity index is 1320. The number of amides is 1. The maximum atomic E-state index is 13.4. The predicted octanol–water partition coefficient (Wildman–Crippen LogP) is 3.53. The van der Waals surface area contributed by atoms with Gasteiger partial charge < -0.3 is 9.47 Å². The van der Waals surface area contributed by atoms with Gasteiger partial charge in [0.05, 0.1) is 36.1 Å². The van der Waals surface area contributed by atoms with Gasteiger partial charge in [-0.05, 0) is 67.9 Å². The van der Waals surface area contributed by atoms with Crippen LogP contribution in [-0.4, -0.2) is 46.8 Å². The molecule has 188 valence electrons. The number of anilines is 1. The maximum Gasteiger partial charge on any atom is 0.337 e. The van der Waals surface area contributed by atoms with Gasteiger partial charge in [-0.1, -0.05) is 29.8 Å². The Balaban J connectivity index is 1.79. The number of ether oxygens (including phenoxy) is 2. The van der Waals surface area contributed by atoms with E-state index in [1.165, 1.54) is 25.5 Å². The quantitative estimate of drug-likeness (QED) is 0.254. The summed E-state index contributed by atoms with van der Waals surface area (Å²) in [5.41, 5.74) is 4.57. The summed E-state index contributed by atoms with van der Waals surface area (Å²) < 4.78 is 38.0. The van der Waals surface area contributed by atoms with Gasteiger partial charge in [-0.3, -0.25) is 9.10 Å². The van der Waals surface area contributed by atoms with Crippen LogP contribution in [0.5, 0.6) is 5.75 Å². The fraction of sp³-hybridized carbons (Fsp3) is 0.192. The van der Waals surface area contributed by atoms with E-state index >= 15 is 0 Å². The van der Waals surface area contributed by atoms with E-state index in [4.69, 9.17) is 4.74 Å². The SMILES string of the molecule is CCOc1ccc(N(CC(=O)N/N=C\c2ccc(C(=O)OC)cc2)S(=O)(=O)c2ccc(C)cc2)cc1. The zero-order valence-electron chi connectivity index (χ0n) is 20.2. The molecule has 0 aromatic heterocycles. The lowest BCUT2D eigenvalue weighted by Crippen LogP contribution is -2.39. The number of methoxy groups -OCH3 is 1. The van der Waals surface area contributed by atoms with Crippen molar-refractivity contribution < 1.29 is 27.5 Å². The fourth-order valence-corrected chi connectivity index (χ4v) is 4.62. The minimum atomic E-state index is -4.05. The van der Waals surface area contributed by atoms with E-state index in [0.29, 0.717) is 29.2 Å². The minimum absolute atomic E-state index is 0.0592. The third-order valence-corrected chi connectivity index (χ3v) is 6.85. The zero-order valence-corrected chi connectivity index (χ0v) is 21.0. The van der Waals surface area contributed by atoms with Crippen LogP contribution in [0.1, 0.15) is 28.4 Å². The average Bonchev–Trinajstić information content (AvgIpc) is 2.88. The molecule has 10 heteroatoms. The van der Waals surface area contributed by atoms with E-state index in [-0.39, 0.29) is 4.90 Å². The van der Waals surface area contributed by atoms with Gasteiger partial charge in [0.2, 0.25) is 0 Å². The second-order valence-corrected chi connectivity index (χ2v) is 9.52. The number of benzene rings is 3. The molecular formula is C26H27N3O6S. The Labute approximate surface area is 210 Å². The number of hydrogen-bond acceptors (Lipinski definition) is 7. The summed E-state index contributed by atoms with van der Waals surface area (Å²) in [6, 6.07) is 19.2. The van der Waals surface area contributed by atoms with E-state index in [9.17, 15) is 18.0 Å². The number of carbonyl (C=O) groups excluding carboxylic acids is 2. The molecule has 0 saturated carbocycles. The van der Waals surface area contributed by atoms with Crippen molar-refractivity contribution in [2.24, 2.45) is 5.10 Å². The Morgan fingerprint density at radius 2 is 1.61 bits per heavy atom. The standard InChI is InChI=1S/C26H27N3O6S/c1-4-35-23-13-11-22(12-14-23)29(36(32,33)24-15-5-19(2)6-16-24)18-25(30)28-27-17-20-7-9-21(10-8-20)26(31)34-3/h5-17H,4,18H2,1-3H3,(H,28,30)/b27-17-. The molecule has 0 aliphatic rings. The first kappa shape index (κ1) is 26.4. The summed E-state index contributed by atoms with van der Waals surface area (Å²) in [7, 11) is -2.75. The molecule has 36 heavy (non-hydrogen) atoms. The number of carbonyl (C=O) groups is 2. The van der Waals surface area contributed by atoms with Gasteiger partial charge in [0, 0.05) is 0 Å². The van der Waals surface area contributed by atoms with Crippen molar-refractivity contribution in [3.8, 4) is 5.75 Å². The monoisotopic (exact) mass is 509 g/mol. The molecule has 0 heterocycles. The van der Waals surface area contributed by atoms with Gasteiger partial charge >= 0.3 is 5.97 Å². The van der Waals surface area contributed by atoms with Crippen molar-refractivity contribution in [3.05, 3.63) is 89.5 Å². The van der Waals surface area contributed by atoms with Crippen LogP contribution in [0.25, 0.3) is 0 Å². The normalized spacial score (nSPS) is 11.2. The molecule has 0 fully saturated rings. The molecule has 3 aromatic carbocycles. The van der Waals surface area contributed by atoms with E-state index in [2.05, 4.69) is 15.3 Å². The number of aryl methyl sites for hydroxylation is 1. The highest BCUT2D eigenvalue weighted by Gasteiger charge is 2.27. The smallest absolute Gasteiger partial charge is 0.337 e. The summed E-state index contributed by atoms with van der Waals surface area (Å²) in [4.78, 5) is 24.3. The molecular weight excluding hydrogens is 482 g/mol. The first-order valence-corrected chi connectivity index (χ1v) is 12.5. The Hall–Kier alpha value is -4.18. The van der Waals surface area contributed by atoms with Gasteiger partial charge in [-0.25, -0.2) is 18.6 Å². The Kier molecular flexibility index (Phi) is 8.80. The topological polar surface area (TPSA) is 114 Å². The molecule has 1 amide bonds. The second-order valence-electron chi connectivity index (χ2n) is 7.66. The first-order chi connectivity index (χ1) is 17.2. The molecule has 0 radical (unpaired) electrons. The predicted molar refractivity (Wildman–Crippen MR) is 137 cm³/mol. The first-order valence-electron chi connectivity index (χ1n) is 11.1. The van der Waals surface area contributed by atoms with Crippen LogP contribution >= 0.6 is 0 Å². The van der Waals surface area contributed by atoms with Crippen molar-refractivity contribution in [1.29, 1.82) is 0 Å². The molecule has 3 rings (SSSR count). The lowest BCUT2D eigenvalue weighted by Gasteiger charge is -2.24. The molecule has 1 N–H and O–H groups in total. The van der Waals surface area contributed by atoms with Crippen LogP contribution in [0.15, 0.2) is 82.8 Å². The van der Waals surface area contributed by atoms with Crippen molar-refractivity contribution in [3.63, 3.8) is 0 Å². The number of hydrogen-bond donors (Lipinski definition) is 1. The molecule has 0 aliphatic heterocycles. The van der Waals surface area contributed by atoms with Crippen LogP contribution in [-0.2, 0) is 19.6 Å². The highest BCUT2D eigenvalue weighted by Crippen LogP contribution is 2.26. The van der Waals surface area contributed by atoms with Gasteiger partial charge in [0.25, 0.3) is 15.9 Å². The summed E-state index contributed by atoms with van der Waals surface area (Å²) in [6.45, 7) is 3.68. The van der Waals surface area contributed by atoms with E-state index in [0.717, 1.165) is 9.87 Å². The summed E-state index contributed by atoms with van der Waals surface area (Å²) in [5, 5.41) is 3.91. The van der Waals surface area contributed by atoms with Crippen LogP contribution in [0.2, 0.25) is 0 Å². The molecule has 3 aromatic rings. The van der Waals surface area contributed by atoms with Crippen molar-refractivity contribution in [2.45, 2.75) is 18.7 Å². The van der Waals surface area contributed by atoms with Gasteiger partial charge in [-0.15, -0.1) is 0 Å². The van der Waals surface area contributed by atoms with Crippen LogP contribution in [0.3, 0.4) is 0 Å². The molecule has 0 aliphatic carbocycles. The summed E-state index contributed by atoms with van der Waals surface area (Å²) >= 11 is 0. The zero-order chi connectivity index (χ0) is 26.1. The van der Waals surface area contributed by atoms with E-state index < -0.39 is 28.4 Å². The number of sulfonamides is 1. The maximum absolute atomic E-state index is 13.4. The number of nitrogens with one attached hydrogen (secondary N) is 1. The third-order valence-electron chi connectivity index (χ3n) is 5.07. The summed E-state index contributed by atoms with van der Waals surface area (Å²) in [6.07, 6.45) is 1.38. The van der Waals surface area contributed by atoms with Crippen LogP contribution in [0, 0.1) is 6.92 Å². The lowest BCUT2D eigenvalue weighted by atomic mass is 10.1. The largest absolute Gasteiger partial charge is 0.494 e. The second kappa shape index (κ2) is 12.0. The van der Waals surface area contributed by atoms with Crippen molar-refractivity contribution >= 4 is 33.8 Å². The molecule has 0 bridgehead atoms. The molecule has 0 atom stereocenters. The third kappa shape index (κ3) is 6.70. The van der Waals surface area contributed by atoms with E-state index in [1.54, 1.807) is 60.7 Å². The van der Waals surface area contributed by atoms with Gasteiger partial charge in [-0.2, -0.15) is 5.10 Å². The van der Waals surface area contributed by atoms with Crippen molar-refractivity contribution in [2.75, 3.05) is 24.6 Å². The Morgan fingerprint density at radius 1 is 0.972 bits per heavy atom. The van der Waals surface area contributed by atoms with Gasteiger partial charge in [0.15, 0.2) is 0 Å². The molecule has 0 spiro atoms. The van der Waals surface area contributed by atoms with E-state index in [1.807, 2.05) is 13.8 Å². The highest BCUT2D eigenvalue weighted by molar-refractivity contribution is 7.92.